The number of halogens is 1. The van der Waals surface area contributed by atoms with Crippen LogP contribution in [0.15, 0.2) is 17.2 Å². The van der Waals surface area contributed by atoms with Gasteiger partial charge in [-0.25, -0.2) is 4.98 Å². The van der Waals surface area contributed by atoms with E-state index in [-0.39, 0.29) is 5.56 Å². The Bertz CT molecular complexity index is 645. The second-order valence-electron chi connectivity index (χ2n) is 4.37. The Kier molecular flexibility index (Phi) is 4.38. The van der Waals surface area contributed by atoms with E-state index in [4.69, 9.17) is 0 Å². The summed E-state index contributed by atoms with van der Waals surface area (Å²) in [4.78, 5) is 16.4. The fourth-order valence-electron chi connectivity index (χ4n) is 1.92. The van der Waals surface area contributed by atoms with Crippen LogP contribution in [0, 0.1) is 10.5 Å². The summed E-state index contributed by atoms with van der Waals surface area (Å²) in [6, 6.07) is 2.06. The first-order valence-electron chi connectivity index (χ1n) is 6.34. The van der Waals surface area contributed by atoms with Gasteiger partial charge in [-0.3, -0.25) is 14.0 Å². The molecule has 0 amide bonds. The number of rotatable bonds is 4. The molecule has 0 aromatic carbocycles. The van der Waals surface area contributed by atoms with Crippen molar-refractivity contribution in [1.29, 1.82) is 0 Å². The lowest BCUT2D eigenvalue weighted by molar-refractivity contribution is 0.584. The molecule has 6 heteroatoms. The van der Waals surface area contributed by atoms with Gasteiger partial charge < -0.3 is 0 Å². The maximum absolute atomic E-state index is 12.2. The highest BCUT2D eigenvalue weighted by atomic mass is 127. The summed E-state index contributed by atoms with van der Waals surface area (Å²) in [5.74, 6) is 0. The van der Waals surface area contributed by atoms with E-state index in [0.29, 0.717) is 10.1 Å². The smallest absolute Gasteiger partial charge is 0.267 e. The number of aromatic nitrogens is 4. The third-order valence-corrected chi connectivity index (χ3v) is 4.31. The van der Waals surface area contributed by atoms with Crippen LogP contribution in [0.1, 0.15) is 30.9 Å². The van der Waals surface area contributed by atoms with Crippen LogP contribution in [-0.4, -0.2) is 19.3 Å². The molecule has 19 heavy (non-hydrogen) atoms. The molecule has 2 aromatic heterocycles. The highest BCUT2D eigenvalue weighted by Crippen LogP contribution is 2.08. The highest BCUT2D eigenvalue weighted by Gasteiger charge is 2.10. The minimum atomic E-state index is 0.00926. The average Bonchev–Trinajstić information content (AvgIpc) is 2.82. The Morgan fingerprint density at radius 3 is 2.74 bits per heavy atom. The van der Waals surface area contributed by atoms with Gasteiger partial charge in [-0.05, 0) is 48.9 Å². The van der Waals surface area contributed by atoms with E-state index < -0.39 is 0 Å². The fraction of sp³-hybridized carbons (Fsp3) is 0.462. The van der Waals surface area contributed by atoms with Crippen LogP contribution >= 0.6 is 22.6 Å². The van der Waals surface area contributed by atoms with Crippen LogP contribution in [0.25, 0.3) is 0 Å². The zero-order valence-electron chi connectivity index (χ0n) is 11.4. The van der Waals surface area contributed by atoms with E-state index in [1.165, 1.54) is 0 Å². The molecule has 0 bridgehead atoms. The third kappa shape index (κ3) is 2.88. The second kappa shape index (κ2) is 5.85. The molecule has 5 nitrogen and oxygen atoms in total. The quantitative estimate of drug-likeness (QED) is 0.772. The topological polar surface area (TPSA) is 52.7 Å². The Morgan fingerprint density at radius 1 is 1.37 bits per heavy atom. The first-order chi connectivity index (χ1) is 9.06. The van der Waals surface area contributed by atoms with Crippen LogP contribution in [-0.2, 0) is 19.5 Å². The van der Waals surface area contributed by atoms with Crippen molar-refractivity contribution in [1.82, 2.24) is 19.3 Å². The number of aryl methyl sites for hydroxylation is 3. The van der Waals surface area contributed by atoms with Crippen molar-refractivity contribution < 1.29 is 0 Å². The summed E-state index contributed by atoms with van der Waals surface area (Å²) < 4.78 is 4.26. The SMILES string of the molecule is CCc1cc(Cn2cnc(C)c(I)c2=O)n(CC)n1. The predicted molar refractivity (Wildman–Crippen MR) is 82.3 cm³/mol. The normalized spacial score (nSPS) is 10.9. The van der Waals surface area contributed by atoms with Crippen molar-refractivity contribution >= 4 is 22.6 Å². The maximum atomic E-state index is 12.2. The molecule has 0 atom stereocenters. The van der Waals surface area contributed by atoms with Crippen molar-refractivity contribution in [2.45, 2.75) is 40.3 Å². The summed E-state index contributed by atoms with van der Waals surface area (Å²) in [6.45, 7) is 7.30. The zero-order valence-corrected chi connectivity index (χ0v) is 13.5. The molecule has 0 aliphatic carbocycles. The van der Waals surface area contributed by atoms with Gasteiger partial charge >= 0.3 is 0 Å². The monoisotopic (exact) mass is 372 g/mol. The van der Waals surface area contributed by atoms with E-state index >= 15 is 0 Å². The van der Waals surface area contributed by atoms with Crippen LogP contribution in [0.2, 0.25) is 0 Å². The van der Waals surface area contributed by atoms with E-state index in [1.54, 1.807) is 10.9 Å². The van der Waals surface area contributed by atoms with Gasteiger partial charge in [0.1, 0.15) is 0 Å². The van der Waals surface area contributed by atoms with Gasteiger partial charge in [0.25, 0.3) is 5.56 Å². The molecular weight excluding hydrogens is 355 g/mol. The van der Waals surface area contributed by atoms with E-state index in [9.17, 15) is 4.79 Å². The number of hydrogen-bond acceptors (Lipinski definition) is 3. The molecule has 2 heterocycles. The van der Waals surface area contributed by atoms with Gasteiger partial charge in [0.15, 0.2) is 0 Å². The molecule has 0 fully saturated rings. The molecule has 0 radical (unpaired) electrons. The molecule has 0 saturated carbocycles. The second-order valence-corrected chi connectivity index (χ2v) is 5.45. The molecule has 102 valence electrons. The summed E-state index contributed by atoms with van der Waals surface area (Å²) in [6.07, 6.45) is 2.51. The average molecular weight is 372 g/mol. The Morgan fingerprint density at radius 2 is 2.11 bits per heavy atom. The van der Waals surface area contributed by atoms with Crippen LogP contribution in [0.3, 0.4) is 0 Å². The molecule has 0 aliphatic heterocycles. The lowest BCUT2D eigenvalue weighted by atomic mass is 10.3. The predicted octanol–water partition coefficient (Wildman–Crippen LogP) is 1.98. The van der Waals surface area contributed by atoms with Gasteiger partial charge in [0.2, 0.25) is 0 Å². The fourth-order valence-corrected chi connectivity index (χ4v) is 2.37. The van der Waals surface area contributed by atoms with Gasteiger partial charge in [-0.2, -0.15) is 5.10 Å². The van der Waals surface area contributed by atoms with Crippen LogP contribution < -0.4 is 5.56 Å². The van der Waals surface area contributed by atoms with E-state index in [1.807, 2.05) is 34.2 Å². The van der Waals surface area contributed by atoms with Crippen molar-refractivity contribution in [3.8, 4) is 0 Å². The third-order valence-electron chi connectivity index (χ3n) is 3.07. The Balaban J connectivity index is 2.39. The standard InChI is InChI=1S/C13H17IN4O/c1-4-10-6-11(18(5-2)16-10)7-17-8-15-9(3)12(14)13(17)19/h6,8H,4-5,7H2,1-3H3. The zero-order chi connectivity index (χ0) is 14.0. The molecule has 0 saturated heterocycles. The first-order valence-corrected chi connectivity index (χ1v) is 7.41. The molecule has 2 aromatic rings. The molecule has 0 spiro atoms. The van der Waals surface area contributed by atoms with Crippen LogP contribution in [0.4, 0.5) is 0 Å². The summed E-state index contributed by atoms with van der Waals surface area (Å²) in [5.41, 5.74) is 2.89. The molecule has 0 aliphatic rings. The van der Waals surface area contributed by atoms with Crippen LogP contribution in [0.5, 0.6) is 0 Å². The maximum Gasteiger partial charge on any atom is 0.267 e. The highest BCUT2D eigenvalue weighted by molar-refractivity contribution is 14.1. The Labute approximate surface area is 125 Å². The molecule has 0 N–H and O–H groups in total. The number of hydrogen-bond donors (Lipinski definition) is 0. The largest absolute Gasteiger partial charge is 0.292 e. The van der Waals surface area contributed by atoms with Crippen molar-refractivity contribution in [3.05, 3.63) is 43.4 Å². The van der Waals surface area contributed by atoms with Gasteiger partial charge in [-0.1, -0.05) is 6.92 Å². The summed E-state index contributed by atoms with van der Waals surface area (Å²) >= 11 is 2.05. The van der Waals surface area contributed by atoms with E-state index in [2.05, 4.69) is 30.0 Å². The molecular formula is C13H17IN4O. The lowest BCUT2D eigenvalue weighted by Gasteiger charge is -2.08. The minimum Gasteiger partial charge on any atom is -0.292 e. The minimum absolute atomic E-state index is 0.00926. The van der Waals surface area contributed by atoms with Crippen molar-refractivity contribution in [3.63, 3.8) is 0 Å². The van der Waals surface area contributed by atoms with E-state index in [0.717, 1.165) is 30.0 Å². The van der Waals surface area contributed by atoms with Gasteiger partial charge in [0, 0.05) is 6.54 Å². The summed E-state index contributed by atoms with van der Waals surface area (Å²) in [5, 5.41) is 4.49. The van der Waals surface area contributed by atoms with Crippen molar-refractivity contribution in [2.24, 2.45) is 0 Å². The lowest BCUT2D eigenvalue weighted by Crippen LogP contribution is -2.25. The van der Waals surface area contributed by atoms with Gasteiger partial charge in [0.05, 0.1) is 33.5 Å². The number of nitrogens with zero attached hydrogens (tertiary/aromatic N) is 4. The van der Waals surface area contributed by atoms with Crippen molar-refractivity contribution in [2.75, 3.05) is 0 Å². The summed E-state index contributed by atoms with van der Waals surface area (Å²) in [7, 11) is 0. The molecule has 0 unspecified atom stereocenters. The first kappa shape index (κ1) is 14.2. The van der Waals surface area contributed by atoms with Gasteiger partial charge in [-0.15, -0.1) is 0 Å². The molecule has 2 rings (SSSR count). The Hall–Kier alpha value is -1.18.